The lowest BCUT2D eigenvalue weighted by Crippen LogP contribution is -2.57. The number of carbonyl (C=O) groups is 2. The second kappa shape index (κ2) is 5.65. The number of rotatable bonds is 4. The third kappa shape index (κ3) is 2.48. The molecule has 1 amide bonds. The molecule has 2 heterocycles. The first-order valence-electron chi connectivity index (χ1n) is 6.91. The lowest BCUT2D eigenvalue weighted by Gasteiger charge is -2.39. The van der Waals surface area contributed by atoms with Crippen LogP contribution in [0.1, 0.15) is 46.0 Å². The monoisotopic (exact) mass is 250 g/mol. The Labute approximate surface area is 109 Å². The van der Waals surface area contributed by atoms with Crippen molar-refractivity contribution >= 4 is 11.7 Å². The van der Waals surface area contributed by atoms with Gasteiger partial charge in [0.05, 0.1) is 19.0 Å². The van der Waals surface area contributed by atoms with E-state index in [4.69, 9.17) is 0 Å². The summed E-state index contributed by atoms with van der Waals surface area (Å²) in [6, 6.07) is -0.0394. The zero-order valence-corrected chi connectivity index (χ0v) is 11.3. The Bertz CT molecular complexity index is 376. The number of allylic oxidation sites excluding steroid dienone is 1. The Kier molecular flexibility index (Phi) is 4.17. The smallest absolute Gasteiger partial charge is 0.244 e. The molecule has 0 spiro atoms. The second-order valence-corrected chi connectivity index (χ2v) is 5.11. The normalized spacial score (nSPS) is 25.8. The van der Waals surface area contributed by atoms with Crippen LogP contribution in [0.5, 0.6) is 0 Å². The molecule has 0 aliphatic carbocycles. The number of hydrazine groups is 1. The van der Waals surface area contributed by atoms with Crippen molar-refractivity contribution in [3.63, 3.8) is 0 Å². The van der Waals surface area contributed by atoms with Gasteiger partial charge < -0.3 is 0 Å². The highest BCUT2D eigenvalue weighted by Crippen LogP contribution is 2.27. The molecule has 1 unspecified atom stereocenters. The summed E-state index contributed by atoms with van der Waals surface area (Å²) >= 11 is 0. The molecule has 4 heteroatoms. The van der Waals surface area contributed by atoms with Gasteiger partial charge in [-0.25, -0.2) is 5.01 Å². The summed E-state index contributed by atoms with van der Waals surface area (Å²) in [5, 5.41) is 3.80. The molecule has 2 fully saturated rings. The van der Waals surface area contributed by atoms with Crippen molar-refractivity contribution in [1.82, 2.24) is 10.0 Å². The van der Waals surface area contributed by atoms with E-state index in [0.717, 1.165) is 32.2 Å². The van der Waals surface area contributed by atoms with Crippen molar-refractivity contribution < 1.29 is 9.59 Å². The zero-order valence-electron chi connectivity index (χ0n) is 11.3. The minimum absolute atomic E-state index is 0.0337. The molecular formula is C14H22N2O2. The average Bonchev–Trinajstić information content (AvgIpc) is 2.82. The first-order chi connectivity index (χ1) is 8.67. The summed E-state index contributed by atoms with van der Waals surface area (Å²) < 4.78 is 0. The zero-order chi connectivity index (χ0) is 13.1. The van der Waals surface area contributed by atoms with E-state index in [1.165, 1.54) is 5.57 Å². The maximum Gasteiger partial charge on any atom is 0.244 e. The van der Waals surface area contributed by atoms with E-state index < -0.39 is 0 Å². The molecule has 0 saturated carbocycles. The van der Waals surface area contributed by atoms with Crippen LogP contribution < -0.4 is 0 Å². The van der Waals surface area contributed by atoms with Gasteiger partial charge in [-0.15, -0.1) is 0 Å². The van der Waals surface area contributed by atoms with E-state index >= 15 is 0 Å². The van der Waals surface area contributed by atoms with Crippen LogP contribution in [-0.4, -0.2) is 40.8 Å². The van der Waals surface area contributed by atoms with Gasteiger partial charge in [-0.05, 0) is 26.2 Å². The molecule has 2 rings (SSSR count). The van der Waals surface area contributed by atoms with Gasteiger partial charge in [-0.3, -0.25) is 14.6 Å². The van der Waals surface area contributed by atoms with Gasteiger partial charge in [0.2, 0.25) is 5.91 Å². The molecule has 0 aromatic heterocycles. The Morgan fingerprint density at radius 3 is 2.89 bits per heavy atom. The van der Waals surface area contributed by atoms with Crippen molar-refractivity contribution in [2.24, 2.45) is 0 Å². The molecule has 100 valence electrons. The summed E-state index contributed by atoms with van der Waals surface area (Å²) in [6.07, 6.45) is 6.21. The third-order valence-corrected chi connectivity index (χ3v) is 3.85. The number of fused-ring (bicyclic) bond motifs is 1. The van der Waals surface area contributed by atoms with Crippen LogP contribution in [0.2, 0.25) is 0 Å². The minimum Gasteiger partial charge on any atom is -0.297 e. The van der Waals surface area contributed by atoms with Gasteiger partial charge in [-0.1, -0.05) is 25.0 Å². The fraction of sp³-hybridized carbons (Fsp3) is 0.714. The van der Waals surface area contributed by atoms with E-state index in [-0.39, 0.29) is 24.2 Å². The number of nitrogens with zero attached hydrogens (tertiary/aromatic N) is 2. The summed E-state index contributed by atoms with van der Waals surface area (Å²) in [7, 11) is 0. The van der Waals surface area contributed by atoms with Crippen LogP contribution in [0.25, 0.3) is 0 Å². The molecular weight excluding hydrogens is 228 g/mol. The topological polar surface area (TPSA) is 40.6 Å². The van der Waals surface area contributed by atoms with Crippen molar-refractivity contribution in [1.29, 1.82) is 0 Å². The van der Waals surface area contributed by atoms with Crippen LogP contribution in [0, 0.1) is 0 Å². The molecule has 2 saturated heterocycles. The standard InChI is InChI=1S/C14H22N2O2/c1-3-6-11(4-2)10-16-14(18)9-13(17)12-7-5-8-15(12)16/h4,12H,3,5-10H2,1-2H3/b11-4+. The molecule has 1 atom stereocenters. The molecule has 4 nitrogen and oxygen atoms in total. The maximum absolute atomic E-state index is 12.0. The highest BCUT2D eigenvalue weighted by Gasteiger charge is 2.41. The predicted molar refractivity (Wildman–Crippen MR) is 69.7 cm³/mol. The van der Waals surface area contributed by atoms with Gasteiger partial charge >= 0.3 is 0 Å². The SMILES string of the molecule is C/C=C(\CCC)CN1C(=O)CC(=O)C2CCCN21. The van der Waals surface area contributed by atoms with Gasteiger partial charge in [0.1, 0.15) is 0 Å². The second-order valence-electron chi connectivity index (χ2n) is 5.11. The number of amides is 1. The first-order valence-corrected chi connectivity index (χ1v) is 6.91. The van der Waals surface area contributed by atoms with Gasteiger partial charge in [0.25, 0.3) is 0 Å². The third-order valence-electron chi connectivity index (χ3n) is 3.85. The number of Topliss-reactive ketones (excluding diaryl/α,β-unsaturated/α-hetero) is 1. The number of hydrogen-bond donors (Lipinski definition) is 0. The Morgan fingerprint density at radius 2 is 2.22 bits per heavy atom. The molecule has 0 aromatic carbocycles. The fourth-order valence-corrected chi connectivity index (χ4v) is 2.88. The summed E-state index contributed by atoms with van der Waals surface area (Å²) in [5.41, 5.74) is 1.28. The quantitative estimate of drug-likeness (QED) is 0.565. The van der Waals surface area contributed by atoms with E-state index in [2.05, 4.69) is 13.0 Å². The Hall–Kier alpha value is -1.16. The van der Waals surface area contributed by atoms with Crippen molar-refractivity contribution in [2.45, 2.75) is 52.0 Å². The van der Waals surface area contributed by atoms with Gasteiger partial charge in [-0.2, -0.15) is 0 Å². The lowest BCUT2D eigenvalue weighted by molar-refractivity contribution is -0.163. The molecule has 0 N–H and O–H groups in total. The highest BCUT2D eigenvalue weighted by atomic mass is 16.2. The summed E-state index contributed by atoms with van der Waals surface area (Å²) in [4.78, 5) is 23.8. The molecule has 0 aromatic rings. The maximum atomic E-state index is 12.0. The van der Waals surface area contributed by atoms with E-state index in [0.29, 0.717) is 6.54 Å². The minimum atomic E-state index is -0.0394. The molecule has 18 heavy (non-hydrogen) atoms. The Morgan fingerprint density at radius 1 is 1.44 bits per heavy atom. The summed E-state index contributed by atoms with van der Waals surface area (Å²) in [5.74, 6) is 0.0693. The lowest BCUT2D eigenvalue weighted by atomic mass is 10.0. The van der Waals surface area contributed by atoms with Crippen LogP contribution in [0.15, 0.2) is 11.6 Å². The molecule has 2 aliphatic heterocycles. The van der Waals surface area contributed by atoms with Crippen LogP contribution in [0.3, 0.4) is 0 Å². The average molecular weight is 250 g/mol. The number of carbonyl (C=O) groups excluding carboxylic acids is 2. The predicted octanol–water partition coefficient (Wildman–Crippen LogP) is 1.91. The van der Waals surface area contributed by atoms with Crippen LogP contribution in [-0.2, 0) is 9.59 Å². The number of hydrogen-bond acceptors (Lipinski definition) is 3. The largest absolute Gasteiger partial charge is 0.297 e. The van der Waals surface area contributed by atoms with E-state index in [1.807, 2.05) is 16.9 Å². The van der Waals surface area contributed by atoms with Gasteiger partial charge in [0.15, 0.2) is 5.78 Å². The molecule has 0 bridgehead atoms. The highest BCUT2D eigenvalue weighted by molar-refractivity contribution is 6.02. The van der Waals surface area contributed by atoms with Crippen molar-refractivity contribution in [3.8, 4) is 0 Å². The Balaban J connectivity index is 2.10. The fourth-order valence-electron chi connectivity index (χ4n) is 2.88. The van der Waals surface area contributed by atoms with Crippen molar-refractivity contribution in [3.05, 3.63) is 11.6 Å². The van der Waals surface area contributed by atoms with Crippen molar-refractivity contribution in [2.75, 3.05) is 13.1 Å². The van der Waals surface area contributed by atoms with E-state index in [1.54, 1.807) is 0 Å². The van der Waals surface area contributed by atoms with Crippen LogP contribution in [0.4, 0.5) is 0 Å². The number of ketones is 1. The molecule has 0 radical (unpaired) electrons. The summed E-state index contributed by atoms with van der Waals surface area (Å²) in [6.45, 7) is 5.66. The van der Waals surface area contributed by atoms with E-state index in [9.17, 15) is 9.59 Å². The van der Waals surface area contributed by atoms with Gasteiger partial charge in [0, 0.05) is 6.54 Å². The first kappa shape index (κ1) is 13.3. The van der Waals surface area contributed by atoms with Crippen LogP contribution >= 0.6 is 0 Å². The molecule has 2 aliphatic rings.